The van der Waals surface area contributed by atoms with Crippen LogP contribution >= 0.6 is 0 Å². The van der Waals surface area contributed by atoms with Crippen LogP contribution in [0.25, 0.3) is 10.8 Å². The SMILES string of the molecule is O=C(OCCCc1ccccc1)c1cccc2ccccc12. The van der Waals surface area contributed by atoms with Crippen molar-refractivity contribution >= 4 is 16.7 Å². The summed E-state index contributed by atoms with van der Waals surface area (Å²) in [6, 6.07) is 23.8. The van der Waals surface area contributed by atoms with Gasteiger partial charge in [0.1, 0.15) is 0 Å². The lowest BCUT2D eigenvalue weighted by Gasteiger charge is -2.07. The third kappa shape index (κ3) is 3.34. The van der Waals surface area contributed by atoms with Crippen LogP contribution in [0.1, 0.15) is 22.3 Å². The molecule has 0 spiro atoms. The van der Waals surface area contributed by atoms with Crippen LogP contribution < -0.4 is 0 Å². The van der Waals surface area contributed by atoms with Crippen molar-refractivity contribution in [2.75, 3.05) is 6.61 Å². The van der Waals surface area contributed by atoms with Gasteiger partial charge in [0.05, 0.1) is 12.2 Å². The Kier molecular flexibility index (Phi) is 4.50. The second-order valence-corrected chi connectivity index (χ2v) is 5.25. The van der Waals surface area contributed by atoms with Crippen LogP contribution in [-0.4, -0.2) is 12.6 Å². The second-order valence-electron chi connectivity index (χ2n) is 5.25. The van der Waals surface area contributed by atoms with Crippen molar-refractivity contribution in [2.45, 2.75) is 12.8 Å². The normalized spacial score (nSPS) is 10.5. The highest BCUT2D eigenvalue weighted by Crippen LogP contribution is 2.19. The summed E-state index contributed by atoms with van der Waals surface area (Å²) in [4.78, 5) is 12.2. The first kappa shape index (κ1) is 14.3. The fraction of sp³-hybridized carbons (Fsp3) is 0.150. The summed E-state index contributed by atoms with van der Waals surface area (Å²) < 4.78 is 5.42. The van der Waals surface area contributed by atoms with Crippen molar-refractivity contribution in [1.29, 1.82) is 0 Å². The lowest BCUT2D eigenvalue weighted by atomic mass is 10.0. The van der Waals surface area contributed by atoms with Gasteiger partial charge in [0.2, 0.25) is 0 Å². The van der Waals surface area contributed by atoms with E-state index in [1.807, 2.05) is 60.7 Å². The van der Waals surface area contributed by atoms with Crippen molar-refractivity contribution in [1.82, 2.24) is 0 Å². The van der Waals surface area contributed by atoms with E-state index in [2.05, 4.69) is 12.1 Å². The van der Waals surface area contributed by atoms with Crippen LogP contribution in [0.4, 0.5) is 0 Å². The average molecular weight is 290 g/mol. The number of carbonyl (C=O) groups is 1. The van der Waals surface area contributed by atoms with Gasteiger partial charge < -0.3 is 4.74 Å². The highest BCUT2D eigenvalue weighted by molar-refractivity contribution is 6.04. The van der Waals surface area contributed by atoms with Gasteiger partial charge in [-0.3, -0.25) is 0 Å². The summed E-state index contributed by atoms with van der Waals surface area (Å²) >= 11 is 0. The molecule has 3 rings (SSSR count). The van der Waals surface area contributed by atoms with Gasteiger partial charge in [0.25, 0.3) is 0 Å². The maximum Gasteiger partial charge on any atom is 0.338 e. The quantitative estimate of drug-likeness (QED) is 0.506. The van der Waals surface area contributed by atoms with E-state index in [9.17, 15) is 4.79 Å². The largest absolute Gasteiger partial charge is 0.462 e. The summed E-state index contributed by atoms with van der Waals surface area (Å²) in [7, 11) is 0. The molecule has 0 saturated carbocycles. The maximum atomic E-state index is 12.2. The van der Waals surface area contributed by atoms with Crippen LogP contribution in [0.3, 0.4) is 0 Å². The van der Waals surface area contributed by atoms with Gasteiger partial charge in [-0.2, -0.15) is 0 Å². The van der Waals surface area contributed by atoms with E-state index in [1.54, 1.807) is 0 Å². The predicted octanol–water partition coefficient (Wildman–Crippen LogP) is 4.63. The van der Waals surface area contributed by atoms with E-state index in [1.165, 1.54) is 5.56 Å². The van der Waals surface area contributed by atoms with Crippen molar-refractivity contribution in [3.63, 3.8) is 0 Å². The molecule has 2 nitrogen and oxygen atoms in total. The molecule has 0 amide bonds. The Morgan fingerprint density at radius 2 is 1.55 bits per heavy atom. The third-order valence-electron chi connectivity index (χ3n) is 3.70. The molecule has 0 bridgehead atoms. The van der Waals surface area contributed by atoms with Gasteiger partial charge in [-0.25, -0.2) is 4.79 Å². The molecular formula is C20H18O2. The summed E-state index contributed by atoms with van der Waals surface area (Å²) in [6.07, 6.45) is 1.75. The molecule has 0 aliphatic carbocycles. The second kappa shape index (κ2) is 6.90. The standard InChI is InChI=1S/C20H18O2/c21-20(22-15-7-10-16-8-2-1-3-9-16)19-14-6-12-17-11-4-5-13-18(17)19/h1-6,8-9,11-14H,7,10,15H2. The number of carbonyl (C=O) groups excluding carboxylic acids is 1. The highest BCUT2D eigenvalue weighted by Gasteiger charge is 2.10. The highest BCUT2D eigenvalue weighted by atomic mass is 16.5. The molecule has 0 atom stereocenters. The molecule has 22 heavy (non-hydrogen) atoms. The van der Waals surface area contributed by atoms with Crippen molar-refractivity contribution in [3.05, 3.63) is 83.9 Å². The molecule has 0 saturated heterocycles. The van der Waals surface area contributed by atoms with Gasteiger partial charge in [-0.1, -0.05) is 66.7 Å². The Labute approximate surface area is 130 Å². The number of hydrogen-bond donors (Lipinski definition) is 0. The topological polar surface area (TPSA) is 26.3 Å². The molecule has 0 N–H and O–H groups in total. The molecule has 2 heteroatoms. The minimum Gasteiger partial charge on any atom is -0.462 e. The first-order chi connectivity index (χ1) is 10.8. The summed E-state index contributed by atoms with van der Waals surface area (Å²) in [5.41, 5.74) is 1.90. The number of rotatable bonds is 5. The summed E-state index contributed by atoms with van der Waals surface area (Å²) in [6.45, 7) is 0.441. The Morgan fingerprint density at radius 3 is 2.41 bits per heavy atom. The molecule has 3 aromatic rings. The summed E-state index contributed by atoms with van der Waals surface area (Å²) in [5.74, 6) is -0.245. The number of esters is 1. The van der Waals surface area contributed by atoms with Crippen LogP contribution in [-0.2, 0) is 11.2 Å². The Bertz CT molecular complexity index is 758. The van der Waals surface area contributed by atoms with E-state index in [0.29, 0.717) is 12.2 Å². The van der Waals surface area contributed by atoms with E-state index in [-0.39, 0.29) is 5.97 Å². The lowest BCUT2D eigenvalue weighted by Crippen LogP contribution is -2.07. The monoisotopic (exact) mass is 290 g/mol. The van der Waals surface area contributed by atoms with Gasteiger partial charge >= 0.3 is 5.97 Å². The molecule has 0 radical (unpaired) electrons. The summed E-state index contributed by atoms with van der Waals surface area (Å²) in [5, 5.41) is 2.00. The van der Waals surface area contributed by atoms with Crippen molar-refractivity contribution in [3.8, 4) is 0 Å². The third-order valence-corrected chi connectivity index (χ3v) is 3.70. The molecule has 0 unspecified atom stereocenters. The first-order valence-electron chi connectivity index (χ1n) is 7.53. The predicted molar refractivity (Wildman–Crippen MR) is 89.0 cm³/mol. The molecule has 0 heterocycles. The zero-order chi connectivity index (χ0) is 15.2. The van der Waals surface area contributed by atoms with E-state index >= 15 is 0 Å². The van der Waals surface area contributed by atoms with Crippen molar-refractivity contribution < 1.29 is 9.53 Å². The minimum absolute atomic E-state index is 0.245. The maximum absolute atomic E-state index is 12.2. The minimum atomic E-state index is -0.245. The fourth-order valence-corrected chi connectivity index (χ4v) is 2.57. The molecule has 0 aliphatic rings. The van der Waals surface area contributed by atoms with E-state index in [4.69, 9.17) is 4.74 Å². The van der Waals surface area contributed by atoms with Gasteiger partial charge in [0, 0.05) is 0 Å². The number of hydrogen-bond acceptors (Lipinski definition) is 2. The van der Waals surface area contributed by atoms with Gasteiger partial charge in [-0.05, 0) is 35.2 Å². The smallest absolute Gasteiger partial charge is 0.338 e. The molecular weight excluding hydrogens is 272 g/mol. The first-order valence-corrected chi connectivity index (χ1v) is 7.53. The lowest BCUT2D eigenvalue weighted by molar-refractivity contribution is 0.0503. The Hall–Kier alpha value is -2.61. The number of aryl methyl sites for hydroxylation is 1. The fourth-order valence-electron chi connectivity index (χ4n) is 2.57. The van der Waals surface area contributed by atoms with Gasteiger partial charge in [0.15, 0.2) is 0 Å². The Morgan fingerprint density at radius 1 is 0.818 bits per heavy atom. The van der Waals surface area contributed by atoms with Crippen LogP contribution in [0.5, 0.6) is 0 Å². The van der Waals surface area contributed by atoms with Crippen LogP contribution in [0.2, 0.25) is 0 Å². The Balaban J connectivity index is 1.60. The number of ether oxygens (including phenoxy) is 1. The molecule has 0 aromatic heterocycles. The van der Waals surface area contributed by atoms with Crippen LogP contribution in [0.15, 0.2) is 72.8 Å². The average Bonchev–Trinajstić information content (AvgIpc) is 2.59. The zero-order valence-corrected chi connectivity index (χ0v) is 12.4. The zero-order valence-electron chi connectivity index (χ0n) is 12.4. The molecule has 110 valence electrons. The van der Waals surface area contributed by atoms with E-state index in [0.717, 1.165) is 23.6 Å². The van der Waals surface area contributed by atoms with E-state index < -0.39 is 0 Å². The molecule has 3 aromatic carbocycles. The number of benzene rings is 3. The van der Waals surface area contributed by atoms with Crippen LogP contribution in [0, 0.1) is 0 Å². The molecule has 0 aliphatic heterocycles. The number of fused-ring (bicyclic) bond motifs is 1. The van der Waals surface area contributed by atoms with Gasteiger partial charge in [-0.15, -0.1) is 0 Å². The van der Waals surface area contributed by atoms with Crippen molar-refractivity contribution in [2.24, 2.45) is 0 Å². The molecule has 0 fully saturated rings.